The van der Waals surface area contributed by atoms with Crippen LogP contribution in [0.4, 0.5) is 10.1 Å². The van der Waals surface area contributed by atoms with E-state index in [0.29, 0.717) is 25.1 Å². The molecule has 0 spiro atoms. The third-order valence-corrected chi connectivity index (χ3v) is 3.41. The van der Waals surface area contributed by atoms with E-state index < -0.39 is 5.54 Å². The van der Waals surface area contributed by atoms with Crippen molar-refractivity contribution in [1.82, 2.24) is 0 Å². The highest BCUT2D eigenvalue weighted by molar-refractivity contribution is 5.47. The molecule has 0 aromatic heterocycles. The van der Waals surface area contributed by atoms with Crippen LogP contribution in [0.5, 0.6) is 0 Å². The first-order valence-electron chi connectivity index (χ1n) is 6.24. The Morgan fingerprint density at radius 2 is 2.11 bits per heavy atom. The number of aliphatic hydroxyl groups excluding tert-OH is 1. The topological polar surface area (TPSA) is 41.5 Å². The molecule has 0 amide bonds. The normalized spacial score (nSPS) is 26.9. The molecule has 1 fully saturated rings. The van der Waals surface area contributed by atoms with Gasteiger partial charge in [0.1, 0.15) is 5.82 Å². The Kier molecular flexibility index (Phi) is 3.59. The van der Waals surface area contributed by atoms with Gasteiger partial charge in [-0.2, -0.15) is 0 Å². The molecule has 0 saturated carbocycles. The number of nitrogens with one attached hydrogen (secondary N) is 1. The molecule has 3 nitrogen and oxygen atoms in total. The maximum atomic E-state index is 13.7. The van der Waals surface area contributed by atoms with Crippen molar-refractivity contribution >= 4 is 5.69 Å². The summed E-state index contributed by atoms with van der Waals surface area (Å²) in [6.45, 7) is 4.50. The van der Waals surface area contributed by atoms with Gasteiger partial charge in [0.2, 0.25) is 0 Å². The van der Waals surface area contributed by atoms with Gasteiger partial charge in [0.15, 0.2) is 0 Å². The molecule has 1 aromatic carbocycles. The predicted molar refractivity (Wildman–Crippen MR) is 69.1 cm³/mol. The van der Waals surface area contributed by atoms with Crippen LogP contribution < -0.4 is 5.32 Å². The first kappa shape index (κ1) is 13.3. The number of hydrogen-bond acceptors (Lipinski definition) is 3. The molecule has 1 unspecified atom stereocenters. The second-order valence-electron chi connectivity index (χ2n) is 5.58. The van der Waals surface area contributed by atoms with Gasteiger partial charge >= 0.3 is 0 Å². The van der Waals surface area contributed by atoms with Gasteiger partial charge in [0, 0.05) is 13.0 Å². The van der Waals surface area contributed by atoms with E-state index in [9.17, 15) is 9.50 Å². The van der Waals surface area contributed by atoms with E-state index >= 15 is 0 Å². The molecule has 1 aliphatic rings. The maximum Gasteiger partial charge on any atom is 0.146 e. The van der Waals surface area contributed by atoms with Crippen molar-refractivity contribution in [2.45, 2.75) is 37.8 Å². The zero-order valence-corrected chi connectivity index (χ0v) is 10.9. The Morgan fingerprint density at radius 1 is 1.39 bits per heavy atom. The molecular weight excluding hydrogens is 233 g/mol. The number of aliphatic hydroxyl groups is 1. The minimum Gasteiger partial charge on any atom is -0.394 e. The summed E-state index contributed by atoms with van der Waals surface area (Å²) in [6, 6.07) is 6.54. The van der Waals surface area contributed by atoms with Gasteiger partial charge in [-0.15, -0.1) is 0 Å². The quantitative estimate of drug-likeness (QED) is 0.870. The molecule has 1 aliphatic heterocycles. The lowest BCUT2D eigenvalue weighted by Crippen LogP contribution is -2.53. The monoisotopic (exact) mass is 253 g/mol. The van der Waals surface area contributed by atoms with Crippen molar-refractivity contribution in [1.29, 1.82) is 0 Å². The summed E-state index contributed by atoms with van der Waals surface area (Å²) in [4.78, 5) is 0. The van der Waals surface area contributed by atoms with Crippen LogP contribution in [-0.4, -0.2) is 29.5 Å². The van der Waals surface area contributed by atoms with Crippen LogP contribution >= 0.6 is 0 Å². The molecule has 4 heteroatoms. The highest BCUT2D eigenvalue weighted by atomic mass is 19.1. The van der Waals surface area contributed by atoms with Crippen molar-refractivity contribution in [3.05, 3.63) is 30.1 Å². The highest BCUT2D eigenvalue weighted by Gasteiger charge is 2.40. The lowest BCUT2D eigenvalue weighted by molar-refractivity contribution is -0.0838. The van der Waals surface area contributed by atoms with Crippen molar-refractivity contribution in [2.24, 2.45) is 0 Å². The average Bonchev–Trinajstić information content (AvgIpc) is 2.31. The summed E-state index contributed by atoms with van der Waals surface area (Å²) in [5.74, 6) is -0.297. The summed E-state index contributed by atoms with van der Waals surface area (Å²) in [7, 11) is 0. The van der Waals surface area contributed by atoms with Crippen molar-refractivity contribution in [2.75, 3.05) is 18.5 Å². The predicted octanol–water partition coefficient (Wildman–Crippen LogP) is 2.56. The van der Waals surface area contributed by atoms with E-state index in [4.69, 9.17) is 4.74 Å². The number of benzene rings is 1. The summed E-state index contributed by atoms with van der Waals surface area (Å²) in [5, 5.41) is 12.8. The Bertz CT molecular complexity index is 422. The van der Waals surface area contributed by atoms with Crippen molar-refractivity contribution in [3.63, 3.8) is 0 Å². The lowest BCUT2D eigenvalue weighted by Gasteiger charge is -2.44. The SMILES string of the molecule is CC1(C)CC(CO)(Nc2ccccc2F)CCO1. The molecule has 1 saturated heterocycles. The molecule has 0 bridgehead atoms. The first-order valence-corrected chi connectivity index (χ1v) is 6.24. The molecule has 18 heavy (non-hydrogen) atoms. The fourth-order valence-corrected chi connectivity index (χ4v) is 2.61. The fourth-order valence-electron chi connectivity index (χ4n) is 2.61. The maximum absolute atomic E-state index is 13.7. The Morgan fingerprint density at radius 3 is 2.72 bits per heavy atom. The third kappa shape index (κ3) is 2.82. The van der Waals surface area contributed by atoms with Gasteiger partial charge in [-0.1, -0.05) is 12.1 Å². The van der Waals surface area contributed by atoms with Crippen LogP contribution in [0.2, 0.25) is 0 Å². The molecule has 0 aliphatic carbocycles. The van der Waals surface area contributed by atoms with Gasteiger partial charge in [0.05, 0.1) is 23.4 Å². The lowest BCUT2D eigenvalue weighted by atomic mass is 9.81. The van der Waals surface area contributed by atoms with Crippen molar-refractivity contribution in [3.8, 4) is 0 Å². The molecule has 0 radical (unpaired) electrons. The molecule has 1 atom stereocenters. The van der Waals surface area contributed by atoms with E-state index in [1.807, 2.05) is 13.8 Å². The van der Waals surface area contributed by atoms with Crippen LogP contribution in [0.25, 0.3) is 0 Å². The van der Waals surface area contributed by atoms with Gasteiger partial charge in [0.25, 0.3) is 0 Å². The highest BCUT2D eigenvalue weighted by Crippen LogP contribution is 2.34. The fraction of sp³-hybridized carbons (Fsp3) is 0.571. The van der Waals surface area contributed by atoms with E-state index in [-0.39, 0.29) is 18.0 Å². The van der Waals surface area contributed by atoms with Gasteiger partial charge in [-0.25, -0.2) is 4.39 Å². The van der Waals surface area contributed by atoms with E-state index in [1.165, 1.54) is 6.07 Å². The van der Waals surface area contributed by atoms with Gasteiger partial charge in [-0.05, 0) is 32.4 Å². The molecule has 2 N–H and O–H groups in total. The molecular formula is C14H20FNO2. The van der Waals surface area contributed by atoms with Crippen LogP contribution in [-0.2, 0) is 4.74 Å². The Balaban J connectivity index is 2.21. The first-order chi connectivity index (χ1) is 8.46. The summed E-state index contributed by atoms with van der Waals surface area (Å²) < 4.78 is 19.3. The minimum absolute atomic E-state index is 0.0336. The number of para-hydroxylation sites is 1. The molecule has 100 valence electrons. The van der Waals surface area contributed by atoms with E-state index in [2.05, 4.69) is 5.32 Å². The van der Waals surface area contributed by atoms with Crippen LogP contribution in [0, 0.1) is 5.82 Å². The second-order valence-corrected chi connectivity index (χ2v) is 5.58. The zero-order chi connectivity index (χ0) is 13.2. The zero-order valence-electron chi connectivity index (χ0n) is 10.9. The molecule has 2 rings (SSSR count). The standard InChI is InChI=1S/C14H20FNO2/c1-13(2)9-14(10-17,7-8-18-13)16-12-6-4-3-5-11(12)15/h3-6,16-17H,7-10H2,1-2H3. The van der Waals surface area contributed by atoms with Crippen LogP contribution in [0.15, 0.2) is 24.3 Å². The number of ether oxygens (including phenoxy) is 1. The smallest absolute Gasteiger partial charge is 0.146 e. The number of rotatable bonds is 3. The summed E-state index contributed by atoms with van der Waals surface area (Å²) in [5.41, 5.74) is -0.382. The summed E-state index contributed by atoms with van der Waals surface area (Å²) >= 11 is 0. The third-order valence-electron chi connectivity index (χ3n) is 3.41. The largest absolute Gasteiger partial charge is 0.394 e. The Hall–Kier alpha value is -1.13. The number of anilines is 1. The minimum atomic E-state index is -0.510. The second kappa shape index (κ2) is 4.86. The van der Waals surface area contributed by atoms with Crippen LogP contribution in [0.1, 0.15) is 26.7 Å². The molecule has 1 heterocycles. The summed E-state index contributed by atoms with van der Waals surface area (Å²) in [6.07, 6.45) is 1.31. The van der Waals surface area contributed by atoms with Gasteiger partial charge in [-0.3, -0.25) is 0 Å². The van der Waals surface area contributed by atoms with E-state index in [0.717, 1.165) is 0 Å². The van der Waals surface area contributed by atoms with Crippen LogP contribution in [0.3, 0.4) is 0 Å². The Labute approximate surface area is 107 Å². The number of hydrogen-bond donors (Lipinski definition) is 2. The number of halogens is 1. The van der Waals surface area contributed by atoms with E-state index in [1.54, 1.807) is 18.2 Å². The van der Waals surface area contributed by atoms with Crippen molar-refractivity contribution < 1.29 is 14.2 Å². The molecule has 1 aromatic rings. The average molecular weight is 253 g/mol. The van der Waals surface area contributed by atoms with Gasteiger partial charge < -0.3 is 15.2 Å².